The summed E-state index contributed by atoms with van der Waals surface area (Å²) in [5.41, 5.74) is 3.36. The van der Waals surface area contributed by atoms with Gasteiger partial charge in [-0.15, -0.1) is 12.4 Å². The predicted octanol–water partition coefficient (Wildman–Crippen LogP) is 7.25. The molecule has 0 saturated heterocycles. The Bertz CT molecular complexity index is 1020. The Hall–Kier alpha value is -1.82. The fourth-order valence-electron chi connectivity index (χ4n) is 3.51. The van der Waals surface area contributed by atoms with Crippen LogP contribution in [0.4, 0.5) is 0 Å². The number of ether oxygens (including phenoxy) is 1. The molecule has 6 heteroatoms. The normalized spacial score (nSPS) is 17.8. The Morgan fingerprint density at radius 2 is 1.40 bits per heavy atom. The molecule has 3 aromatic carbocycles. The Kier molecular flexibility index (Phi) is 7.61. The monoisotopic (exact) mass is 548 g/mol. The summed E-state index contributed by atoms with van der Waals surface area (Å²) in [4.78, 5) is 5.10. The molecule has 1 aliphatic rings. The molecular formula is C24H23Br2ClN2O. The number of hydrogen-bond acceptors (Lipinski definition) is 3. The third kappa shape index (κ3) is 5.08. The van der Waals surface area contributed by atoms with Gasteiger partial charge < -0.3 is 10.1 Å². The molecule has 0 amide bonds. The molecule has 0 bridgehead atoms. The van der Waals surface area contributed by atoms with Gasteiger partial charge in [-0.25, -0.2) is 0 Å². The first-order valence-electron chi connectivity index (χ1n) is 9.62. The Morgan fingerprint density at radius 1 is 0.833 bits per heavy atom. The molecular weight excluding hydrogens is 528 g/mol. The first-order chi connectivity index (χ1) is 14.0. The summed E-state index contributed by atoms with van der Waals surface area (Å²) < 4.78 is 8.17. The quantitative estimate of drug-likeness (QED) is 0.363. The van der Waals surface area contributed by atoms with Crippen LogP contribution in [0.2, 0.25) is 0 Å². The third-order valence-electron chi connectivity index (χ3n) is 4.82. The molecule has 0 spiro atoms. The van der Waals surface area contributed by atoms with Crippen molar-refractivity contribution < 1.29 is 4.74 Å². The van der Waals surface area contributed by atoms with Crippen molar-refractivity contribution in [1.82, 2.24) is 5.32 Å². The van der Waals surface area contributed by atoms with Crippen LogP contribution >= 0.6 is 44.3 Å². The summed E-state index contributed by atoms with van der Waals surface area (Å²) in [5, 5.41) is 3.66. The van der Waals surface area contributed by atoms with E-state index < -0.39 is 0 Å². The van der Waals surface area contributed by atoms with Crippen LogP contribution < -0.4 is 10.1 Å². The second kappa shape index (κ2) is 9.99. The summed E-state index contributed by atoms with van der Waals surface area (Å²) in [6.07, 6.45) is 0.0997. The van der Waals surface area contributed by atoms with Crippen molar-refractivity contribution in [2.75, 3.05) is 0 Å². The number of nitrogens with zero attached hydrogens (tertiary/aromatic N) is 1. The lowest BCUT2D eigenvalue weighted by Gasteiger charge is -2.20. The largest absolute Gasteiger partial charge is 0.490 e. The minimum absolute atomic E-state index is 0. The number of amidine groups is 1. The van der Waals surface area contributed by atoms with E-state index in [1.165, 1.54) is 11.1 Å². The van der Waals surface area contributed by atoms with E-state index in [-0.39, 0.29) is 30.6 Å². The van der Waals surface area contributed by atoms with Crippen LogP contribution in [0.1, 0.15) is 42.6 Å². The summed E-state index contributed by atoms with van der Waals surface area (Å²) in [7, 11) is 0. The number of benzene rings is 3. The number of aliphatic imine (C=N–C) groups is 1. The van der Waals surface area contributed by atoms with Gasteiger partial charge in [-0.05, 0) is 61.4 Å². The van der Waals surface area contributed by atoms with Crippen molar-refractivity contribution in [3.05, 3.63) is 98.4 Å². The zero-order valence-corrected chi connectivity index (χ0v) is 20.7. The maximum atomic E-state index is 6.04. The first-order valence-corrected chi connectivity index (χ1v) is 11.2. The Labute approximate surface area is 200 Å². The number of rotatable bonds is 5. The van der Waals surface area contributed by atoms with Crippen LogP contribution in [0.15, 0.2) is 86.7 Å². The van der Waals surface area contributed by atoms with E-state index >= 15 is 0 Å². The average molecular weight is 551 g/mol. The number of halogens is 3. The molecule has 0 unspecified atom stereocenters. The highest BCUT2D eigenvalue weighted by Crippen LogP contribution is 2.38. The van der Waals surface area contributed by atoms with E-state index in [1.54, 1.807) is 0 Å². The zero-order valence-electron chi connectivity index (χ0n) is 16.7. The van der Waals surface area contributed by atoms with Crippen molar-refractivity contribution in [3.63, 3.8) is 0 Å². The van der Waals surface area contributed by atoms with E-state index in [2.05, 4.69) is 91.8 Å². The van der Waals surface area contributed by atoms with Gasteiger partial charge in [-0.2, -0.15) is 0 Å². The summed E-state index contributed by atoms with van der Waals surface area (Å²) >= 11 is 7.06. The molecule has 3 aromatic rings. The number of para-hydroxylation sites is 1. The predicted molar refractivity (Wildman–Crippen MR) is 133 cm³/mol. The van der Waals surface area contributed by atoms with Crippen LogP contribution in [-0.2, 0) is 0 Å². The van der Waals surface area contributed by atoms with Crippen molar-refractivity contribution in [2.24, 2.45) is 4.99 Å². The molecule has 0 radical (unpaired) electrons. The highest BCUT2D eigenvalue weighted by Gasteiger charge is 2.32. The molecule has 2 atom stereocenters. The van der Waals surface area contributed by atoms with Gasteiger partial charge in [-0.3, -0.25) is 4.99 Å². The van der Waals surface area contributed by atoms with Gasteiger partial charge in [0.05, 0.1) is 17.7 Å². The van der Waals surface area contributed by atoms with E-state index in [0.717, 1.165) is 26.1 Å². The molecule has 1 aliphatic heterocycles. The lowest BCUT2D eigenvalue weighted by atomic mass is 9.95. The van der Waals surface area contributed by atoms with Gasteiger partial charge >= 0.3 is 0 Å². The van der Waals surface area contributed by atoms with Gasteiger partial charge in [0.15, 0.2) is 0 Å². The number of hydrogen-bond donors (Lipinski definition) is 1. The minimum atomic E-state index is -0.0219. The van der Waals surface area contributed by atoms with Crippen LogP contribution in [0, 0.1) is 0 Å². The second-order valence-corrected chi connectivity index (χ2v) is 9.14. The number of nitrogens with one attached hydrogen (secondary N) is 1. The van der Waals surface area contributed by atoms with Gasteiger partial charge in [-0.1, -0.05) is 68.3 Å². The lowest BCUT2D eigenvalue weighted by molar-refractivity contribution is 0.242. The van der Waals surface area contributed by atoms with E-state index in [1.807, 2.05) is 32.0 Å². The van der Waals surface area contributed by atoms with E-state index in [0.29, 0.717) is 0 Å². The van der Waals surface area contributed by atoms with Gasteiger partial charge in [0, 0.05) is 8.95 Å². The molecule has 3 nitrogen and oxygen atoms in total. The molecule has 0 fully saturated rings. The smallest absolute Gasteiger partial charge is 0.133 e. The molecule has 0 saturated carbocycles. The molecule has 1 N–H and O–H groups in total. The van der Waals surface area contributed by atoms with Gasteiger partial charge in [0.2, 0.25) is 0 Å². The second-order valence-electron chi connectivity index (χ2n) is 7.31. The average Bonchev–Trinajstić information content (AvgIpc) is 3.14. The molecule has 0 aliphatic carbocycles. The van der Waals surface area contributed by atoms with Gasteiger partial charge in [0.1, 0.15) is 17.6 Å². The highest BCUT2D eigenvalue weighted by atomic mass is 79.9. The summed E-state index contributed by atoms with van der Waals surface area (Å²) in [6.45, 7) is 4.08. The summed E-state index contributed by atoms with van der Waals surface area (Å²) in [5.74, 6) is 1.71. The van der Waals surface area contributed by atoms with E-state index in [9.17, 15) is 0 Å². The maximum absolute atomic E-state index is 6.04. The fourth-order valence-corrected chi connectivity index (χ4v) is 4.03. The Morgan fingerprint density at radius 3 is 2.00 bits per heavy atom. The molecule has 4 rings (SSSR count). The molecule has 30 heavy (non-hydrogen) atoms. The molecule has 0 aromatic heterocycles. The highest BCUT2D eigenvalue weighted by molar-refractivity contribution is 9.10. The SMILES string of the molecule is CC(C)Oc1ccccc1C1=N[C@H](c2ccc(Br)cc2)[C@H](c2ccc(Br)cc2)N1.Cl. The molecule has 1 heterocycles. The Balaban J connectivity index is 0.00000256. The van der Waals surface area contributed by atoms with Crippen LogP contribution in [0.3, 0.4) is 0 Å². The van der Waals surface area contributed by atoms with Crippen molar-refractivity contribution in [3.8, 4) is 5.75 Å². The van der Waals surface area contributed by atoms with E-state index in [4.69, 9.17) is 9.73 Å². The maximum Gasteiger partial charge on any atom is 0.133 e. The lowest BCUT2D eigenvalue weighted by Crippen LogP contribution is -2.25. The van der Waals surface area contributed by atoms with Crippen molar-refractivity contribution >= 4 is 50.1 Å². The van der Waals surface area contributed by atoms with Crippen molar-refractivity contribution in [2.45, 2.75) is 32.0 Å². The molecule has 156 valence electrons. The van der Waals surface area contributed by atoms with Gasteiger partial charge in [0.25, 0.3) is 0 Å². The minimum Gasteiger partial charge on any atom is -0.490 e. The zero-order chi connectivity index (χ0) is 20.4. The van der Waals surface area contributed by atoms with Crippen LogP contribution in [0.25, 0.3) is 0 Å². The van der Waals surface area contributed by atoms with Crippen LogP contribution in [-0.4, -0.2) is 11.9 Å². The summed E-state index contributed by atoms with van der Waals surface area (Å²) in [6, 6.07) is 24.9. The first kappa shape index (κ1) is 22.9. The standard InChI is InChI=1S/C24H22Br2N2O.ClH/c1-15(2)29-21-6-4-3-5-20(21)24-27-22(16-7-11-18(25)12-8-16)23(28-24)17-9-13-19(26)14-10-17;/h3-15,22-23H,1-2H3,(H,27,28);1H/t22-,23+;. The van der Waals surface area contributed by atoms with Crippen molar-refractivity contribution in [1.29, 1.82) is 0 Å². The third-order valence-corrected chi connectivity index (χ3v) is 5.88. The fraction of sp³-hybridized carbons (Fsp3) is 0.208. The topological polar surface area (TPSA) is 33.6 Å². The van der Waals surface area contributed by atoms with Crippen LogP contribution in [0.5, 0.6) is 5.75 Å².